The normalized spacial score (nSPS) is 10.5. The molecular weight excluding hydrogens is 212 g/mol. The van der Waals surface area contributed by atoms with Crippen LogP contribution in [0.2, 0.25) is 0 Å². The van der Waals surface area contributed by atoms with Gasteiger partial charge in [0.15, 0.2) is 5.78 Å². The fourth-order valence-corrected chi connectivity index (χ4v) is 2.01. The number of imidazole rings is 1. The monoisotopic (exact) mass is 228 g/mol. The van der Waals surface area contributed by atoms with Crippen LogP contribution < -0.4 is 0 Å². The van der Waals surface area contributed by atoms with E-state index in [0.29, 0.717) is 5.69 Å². The van der Waals surface area contributed by atoms with E-state index < -0.39 is 0 Å². The third-order valence-corrected chi connectivity index (χ3v) is 2.93. The first-order chi connectivity index (χ1) is 8.09. The van der Waals surface area contributed by atoms with E-state index in [1.165, 1.54) is 5.56 Å². The summed E-state index contributed by atoms with van der Waals surface area (Å²) in [5, 5.41) is 0. The summed E-state index contributed by atoms with van der Waals surface area (Å²) < 4.78 is 2.08. The predicted molar refractivity (Wildman–Crippen MR) is 67.2 cm³/mol. The molecule has 0 atom stereocenters. The molecule has 0 aliphatic rings. The molecule has 17 heavy (non-hydrogen) atoms. The van der Waals surface area contributed by atoms with E-state index >= 15 is 0 Å². The molecule has 0 saturated heterocycles. The third kappa shape index (κ3) is 2.28. The van der Waals surface area contributed by atoms with Gasteiger partial charge in [-0.05, 0) is 19.4 Å². The Balaban J connectivity index is 2.37. The largest absolute Gasteiger partial charge is 0.327 e. The molecular formula is C14H16N2O. The van der Waals surface area contributed by atoms with Crippen LogP contribution in [0.25, 0.3) is 0 Å². The maximum absolute atomic E-state index is 11.4. The maximum Gasteiger partial charge on any atom is 0.179 e. The third-order valence-electron chi connectivity index (χ3n) is 2.93. The van der Waals surface area contributed by atoms with Crippen molar-refractivity contribution < 1.29 is 4.79 Å². The highest BCUT2D eigenvalue weighted by Gasteiger charge is 2.14. The number of aryl methyl sites for hydroxylation is 1. The van der Waals surface area contributed by atoms with E-state index in [9.17, 15) is 4.79 Å². The van der Waals surface area contributed by atoms with E-state index in [-0.39, 0.29) is 5.78 Å². The number of carbonyl (C=O) groups excluding carboxylic acids is 1. The summed E-state index contributed by atoms with van der Waals surface area (Å²) in [5.41, 5.74) is 2.74. The molecule has 0 amide bonds. The fraction of sp³-hybridized carbons (Fsp3) is 0.286. The lowest BCUT2D eigenvalue weighted by atomic mass is 10.2. The van der Waals surface area contributed by atoms with Crippen molar-refractivity contribution in [2.45, 2.75) is 27.3 Å². The number of hydrogen-bond acceptors (Lipinski definition) is 2. The Hall–Kier alpha value is -1.90. The molecule has 1 aromatic heterocycles. The molecule has 0 fully saturated rings. The minimum absolute atomic E-state index is 0.0254. The van der Waals surface area contributed by atoms with Gasteiger partial charge in [-0.1, -0.05) is 30.3 Å². The first-order valence-corrected chi connectivity index (χ1v) is 5.68. The second-order valence-electron chi connectivity index (χ2n) is 4.22. The Morgan fingerprint density at radius 3 is 2.41 bits per heavy atom. The van der Waals surface area contributed by atoms with E-state index in [0.717, 1.165) is 18.1 Å². The second kappa shape index (κ2) is 4.53. The summed E-state index contributed by atoms with van der Waals surface area (Å²) in [4.78, 5) is 15.7. The SMILES string of the molecule is CC(=O)c1nc(C)n(Cc2ccccc2)c1C. The molecule has 3 nitrogen and oxygen atoms in total. The van der Waals surface area contributed by atoms with Gasteiger partial charge in [-0.15, -0.1) is 0 Å². The lowest BCUT2D eigenvalue weighted by molar-refractivity contribution is 0.101. The summed E-state index contributed by atoms with van der Waals surface area (Å²) in [6.07, 6.45) is 0. The lowest BCUT2D eigenvalue weighted by Gasteiger charge is -2.07. The Bertz CT molecular complexity index is 541. The molecule has 2 rings (SSSR count). The molecule has 1 heterocycles. The average Bonchev–Trinajstić information content (AvgIpc) is 2.58. The van der Waals surface area contributed by atoms with E-state index in [4.69, 9.17) is 0 Å². The number of carbonyl (C=O) groups is 1. The summed E-state index contributed by atoms with van der Waals surface area (Å²) in [6, 6.07) is 10.2. The minimum Gasteiger partial charge on any atom is -0.327 e. The molecule has 0 unspecified atom stereocenters. The molecule has 0 spiro atoms. The smallest absolute Gasteiger partial charge is 0.179 e. The van der Waals surface area contributed by atoms with E-state index in [2.05, 4.69) is 21.7 Å². The van der Waals surface area contributed by atoms with Crippen molar-refractivity contribution in [1.29, 1.82) is 0 Å². The van der Waals surface area contributed by atoms with Crippen LogP contribution in [0.4, 0.5) is 0 Å². The topological polar surface area (TPSA) is 34.9 Å². The summed E-state index contributed by atoms with van der Waals surface area (Å²) in [6.45, 7) is 6.20. The first-order valence-electron chi connectivity index (χ1n) is 5.68. The van der Waals surface area contributed by atoms with Gasteiger partial charge in [0.1, 0.15) is 11.5 Å². The maximum atomic E-state index is 11.4. The first kappa shape index (κ1) is 11.6. The van der Waals surface area contributed by atoms with Crippen LogP contribution in [0.5, 0.6) is 0 Å². The van der Waals surface area contributed by atoms with Crippen LogP contribution in [0, 0.1) is 13.8 Å². The van der Waals surface area contributed by atoms with Gasteiger partial charge in [0.2, 0.25) is 0 Å². The summed E-state index contributed by atoms with van der Waals surface area (Å²) >= 11 is 0. The molecule has 3 heteroatoms. The van der Waals surface area contributed by atoms with Crippen LogP contribution >= 0.6 is 0 Å². The van der Waals surface area contributed by atoms with Gasteiger partial charge in [-0.25, -0.2) is 4.98 Å². The molecule has 88 valence electrons. The second-order valence-corrected chi connectivity index (χ2v) is 4.22. The van der Waals surface area contributed by atoms with Crippen molar-refractivity contribution in [1.82, 2.24) is 9.55 Å². The van der Waals surface area contributed by atoms with Crippen LogP contribution in [-0.2, 0) is 6.54 Å². The van der Waals surface area contributed by atoms with Gasteiger partial charge in [0, 0.05) is 19.2 Å². The van der Waals surface area contributed by atoms with Crippen LogP contribution in [0.1, 0.15) is 34.5 Å². The lowest BCUT2D eigenvalue weighted by Crippen LogP contribution is -2.05. The van der Waals surface area contributed by atoms with Crippen molar-refractivity contribution in [3.63, 3.8) is 0 Å². The van der Waals surface area contributed by atoms with Gasteiger partial charge < -0.3 is 4.57 Å². The number of hydrogen-bond donors (Lipinski definition) is 0. The molecule has 0 bridgehead atoms. The average molecular weight is 228 g/mol. The number of nitrogens with zero attached hydrogens (tertiary/aromatic N) is 2. The van der Waals surface area contributed by atoms with Crippen molar-refractivity contribution in [3.05, 3.63) is 53.1 Å². The highest BCUT2D eigenvalue weighted by molar-refractivity contribution is 5.93. The minimum atomic E-state index is 0.0254. The van der Waals surface area contributed by atoms with E-state index in [1.54, 1.807) is 6.92 Å². The number of Topliss-reactive ketones (excluding diaryl/α,β-unsaturated/α-hetero) is 1. The quantitative estimate of drug-likeness (QED) is 0.757. The zero-order valence-corrected chi connectivity index (χ0v) is 10.4. The molecule has 0 aliphatic carbocycles. The Labute approximate surface area is 101 Å². The van der Waals surface area contributed by atoms with Gasteiger partial charge in [0.05, 0.1) is 0 Å². The highest BCUT2D eigenvalue weighted by atomic mass is 16.1. The zero-order chi connectivity index (χ0) is 12.4. The molecule has 0 radical (unpaired) electrons. The van der Waals surface area contributed by atoms with Crippen LogP contribution in [-0.4, -0.2) is 15.3 Å². The van der Waals surface area contributed by atoms with Crippen LogP contribution in [0.3, 0.4) is 0 Å². The number of aromatic nitrogens is 2. The summed E-state index contributed by atoms with van der Waals surface area (Å²) in [7, 11) is 0. The fourth-order valence-electron chi connectivity index (χ4n) is 2.01. The van der Waals surface area contributed by atoms with Gasteiger partial charge in [-0.2, -0.15) is 0 Å². The Morgan fingerprint density at radius 1 is 1.24 bits per heavy atom. The predicted octanol–water partition coefficient (Wildman–Crippen LogP) is 2.75. The van der Waals surface area contributed by atoms with Crippen molar-refractivity contribution in [2.24, 2.45) is 0 Å². The van der Waals surface area contributed by atoms with Crippen molar-refractivity contribution in [3.8, 4) is 0 Å². The van der Waals surface area contributed by atoms with Crippen molar-refractivity contribution >= 4 is 5.78 Å². The molecule has 1 aromatic carbocycles. The van der Waals surface area contributed by atoms with Gasteiger partial charge >= 0.3 is 0 Å². The summed E-state index contributed by atoms with van der Waals surface area (Å²) in [5.74, 6) is 0.911. The zero-order valence-electron chi connectivity index (χ0n) is 10.4. The molecule has 2 aromatic rings. The number of ketones is 1. The highest BCUT2D eigenvalue weighted by Crippen LogP contribution is 2.13. The molecule has 0 N–H and O–H groups in total. The van der Waals surface area contributed by atoms with Gasteiger partial charge in [-0.3, -0.25) is 4.79 Å². The van der Waals surface area contributed by atoms with Gasteiger partial charge in [0.25, 0.3) is 0 Å². The van der Waals surface area contributed by atoms with Crippen molar-refractivity contribution in [2.75, 3.05) is 0 Å². The number of benzene rings is 1. The van der Waals surface area contributed by atoms with Crippen LogP contribution in [0.15, 0.2) is 30.3 Å². The molecule has 0 saturated carbocycles. The van der Waals surface area contributed by atoms with E-state index in [1.807, 2.05) is 32.0 Å². The number of rotatable bonds is 3. The Kier molecular flexibility index (Phi) is 3.09. The Morgan fingerprint density at radius 2 is 1.88 bits per heavy atom. The molecule has 0 aliphatic heterocycles. The standard InChI is InChI=1S/C14H16N2O/c1-10-14(11(2)17)15-12(3)16(10)9-13-7-5-4-6-8-13/h4-8H,9H2,1-3H3.